The molecule has 0 aromatic heterocycles. The number of hydrogen-bond acceptors (Lipinski definition) is 6. The van der Waals surface area contributed by atoms with E-state index in [1.165, 1.54) is 38.5 Å². The largest absolute Gasteiger partial charge is 0.497 e. The third-order valence-corrected chi connectivity index (χ3v) is 9.02. The Labute approximate surface area is 270 Å². The lowest BCUT2D eigenvalue weighted by Gasteiger charge is -2.29. The Hall–Kier alpha value is -4.40. The van der Waals surface area contributed by atoms with Crippen LogP contribution < -0.4 is 20.3 Å². The van der Waals surface area contributed by atoms with Crippen molar-refractivity contribution in [2.75, 3.05) is 25.1 Å². The van der Waals surface area contributed by atoms with Gasteiger partial charge in [0.25, 0.3) is 5.91 Å². The van der Waals surface area contributed by atoms with E-state index < -0.39 is 18.1 Å². The average Bonchev–Trinajstić information content (AvgIpc) is 3.47. The van der Waals surface area contributed by atoms with Gasteiger partial charge in [0.05, 0.1) is 19.6 Å². The molecule has 0 radical (unpaired) electrons. The van der Waals surface area contributed by atoms with Crippen molar-refractivity contribution in [1.82, 2.24) is 10.6 Å². The Bertz CT molecular complexity index is 1480. The predicted molar refractivity (Wildman–Crippen MR) is 175 cm³/mol. The number of carbonyl (C=O) groups is 3. The predicted octanol–water partition coefficient (Wildman–Crippen LogP) is 5.97. The van der Waals surface area contributed by atoms with Gasteiger partial charge in [-0.15, -0.1) is 0 Å². The van der Waals surface area contributed by atoms with Crippen molar-refractivity contribution in [3.8, 4) is 5.75 Å². The van der Waals surface area contributed by atoms with Crippen LogP contribution in [0.1, 0.15) is 72.9 Å². The second kappa shape index (κ2) is 16.2. The number of anilines is 1. The van der Waals surface area contributed by atoms with Gasteiger partial charge in [-0.3, -0.25) is 14.4 Å². The molecule has 1 aliphatic carbocycles. The maximum absolute atomic E-state index is 14.0. The average molecular weight is 630 g/mol. The lowest BCUT2D eigenvalue weighted by Crippen LogP contribution is -2.53. The fraction of sp³-hybridized carbons (Fsp3) is 0.432. The summed E-state index contributed by atoms with van der Waals surface area (Å²) in [5.74, 6) is -0.364. The molecule has 0 bridgehead atoms. The molecular formula is C37H44FN3O5. The SMILES string of the molecule is COc1cccc(C(=O)N[C@@H](CCC2CCCCC2)C(=O)N[C@@H](CC(=O)OCc2ccccc2)CN2CCc3cc(F)ccc32)c1. The van der Waals surface area contributed by atoms with Gasteiger partial charge in [0.15, 0.2) is 0 Å². The van der Waals surface area contributed by atoms with E-state index in [0.29, 0.717) is 43.2 Å². The molecule has 46 heavy (non-hydrogen) atoms. The fourth-order valence-corrected chi connectivity index (χ4v) is 6.51. The molecule has 0 unspecified atom stereocenters. The molecule has 8 nitrogen and oxygen atoms in total. The molecule has 1 saturated carbocycles. The van der Waals surface area contributed by atoms with Crippen LogP contribution in [-0.4, -0.2) is 50.1 Å². The summed E-state index contributed by atoms with van der Waals surface area (Å²) < 4.78 is 24.8. The first-order valence-electron chi connectivity index (χ1n) is 16.4. The number of nitrogens with one attached hydrogen (secondary N) is 2. The zero-order valence-electron chi connectivity index (χ0n) is 26.5. The van der Waals surface area contributed by atoms with Crippen molar-refractivity contribution < 1.29 is 28.2 Å². The molecule has 2 amide bonds. The van der Waals surface area contributed by atoms with Gasteiger partial charge in [-0.25, -0.2) is 4.39 Å². The summed E-state index contributed by atoms with van der Waals surface area (Å²) in [5.41, 5.74) is 3.05. The monoisotopic (exact) mass is 629 g/mol. The van der Waals surface area contributed by atoms with Crippen LogP contribution in [-0.2, 0) is 27.4 Å². The van der Waals surface area contributed by atoms with Crippen molar-refractivity contribution in [1.29, 1.82) is 0 Å². The van der Waals surface area contributed by atoms with Crippen LogP contribution in [0.15, 0.2) is 72.8 Å². The van der Waals surface area contributed by atoms with E-state index in [9.17, 15) is 18.8 Å². The summed E-state index contributed by atoms with van der Waals surface area (Å²) in [7, 11) is 1.54. The second-order valence-electron chi connectivity index (χ2n) is 12.4. The highest BCUT2D eigenvalue weighted by atomic mass is 19.1. The zero-order valence-corrected chi connectivity index (χ0v) is 26.5. The number of halogens is 1. The molecule has 2 aliphatic rings. The topological polar surface area (TPSA) is 97.0 Å². The van der Waals surface area contributed by atoms with Crippen molar-refractivity contribution in [3.63, 3.8) is 0 Å². The maximum atomic E-state index is 14.0. The van der Waals surface area contributed by atoms with Crippen LogP contribution in [0.2, 0.25) is 0 Å². The lowest BCUT2D eigenvalue weighted by molar-refractivity contribution is -0.145. The van der Waals surface area contributed by atoms with Gasteiger partial charge in [-0.2, -0.15) is 0 Å². The molecule has 1 heterocycles. The Kier molecular flexibility index (Phi) is 11.6. The molecule has 244 valence electrons. The molecule has 9 heteroatoms. The lowest BCUT2D eigenvalue weighted by atomic mass is 9.85. The molecule has 0 saturated heterocycles. The first-order valence-corrected chi connectivity index (χ1v) is 16.4. The van der Waals surface area contributed by atoms with Crippen LogP contribution in [0.3, 0.4) is 0 Å². The number of carbonyl (C=O) groups excluding carboxylic acids is 3. The highest BCUT2D eigenvalue weighted by Gasteiger charge is 2.29. The van der Waals surface area contributed by atoms with Gasteiger partial charge in [-0.1, -0.05) is 68.5 Å². The molecule has 0 spiro atoms. The highest BCUT2D eigenvalue weighted by Crippen LogP contribution is 2.30. The van der Waals surface area contributed by atoms with E-state index in [0.717, 1.165) is 36.1 Å². The summed E-state index contributed by atoms with van der Waals surface area (Å²) in [5, 5.41) is 6.05. The number of amides is 2. The van der Waals surface area contributed by atoms with Gasteiger partial charge in [0.1, 0.15) is 24.2 Å². The molecule has 5 rings (SSSR count). The Morgan fingerprint density at radius 1 is 0.957 bits per heavy atom. The minimum absolute atomic E-state index is 0.0508. The number of rotatable bonds is 14. The third-order valence-electron chi connectivity index (χ3n) is 9.02. The highest BCUT2D eigenvalue weighted by molar-refractivity contribution is 5.98. The van der Waals surface area contributed by atoms with Crippen molar-refractivity contribution in [2.45, 2.75) is 76.5 Å². The molecule has 1 aliphatic heterocycles. The van der Waals surface area contributed by atoms with Crippen molar-refractivity contribution in [3.05, 3.63) is 95.3 Å². The van der Waals surface area contributed by atoms with Crippen molar-refractivity contribution in [2.24, 2.45) is 5.92 Å². The normalized spacial score (nSPS) is 15.8. The van der Waals surface area contributed by atoms with Crippen LogP contribution in [0.4, 0.5) is 10.1 Å². The van der Waals surface area contributed by atoms with E-state index in [1.54, 1.807) is 30.3 Å². The summed E-state index contributed by atoms with van der Waals surface area (Å²) in [4.78, 5) is 42.5. The van der Waals surface area contributed by atoms with Gasteiger partial charge in [0.2, 0.25) is 5.91 Å². The third kappa shape index (κ3) is 9.31. The van der Waals surface area contributed by atoms with Gasteiger partial charge < -0.3 is 25.0 Å². The van der Waals surface area contributed by atoms with Crippen LogP contribution in [0, 0.1) is 11.7 Å². The number of methoxy groups -OCH3 is 1. The molecular weight excluding hydrogens is 585 g/mol. The molecule has 3 aromatic rings. The van der Waals surface area contributed by atoms with Crippen molar-refractivity contribution >= 4 is 23.5 Å². The van der Waals surface area contributed by atoms with Gasteiger partial charge in [0, 0.05) is 24.3 Å². The van der Waals surface area contributed by atoms with Gasteiger partial charge >= 0.3 is 5.97 Å². The number of hydrogen-bond donors (Lipinski definition) is 2. The summed E-state index contributed by atoms with van der Waals surface area (Å²) in [6.45, 7) is 1.11. The summed E-state index contributed by atoms with van der Waals surface area (Å²) in [6, 6.07) is 19.6. The fourth-order valence-electron chi connectivity index (χ4n) is 6.51. The minimum Gasteiger partial charge on any atom is -0.497 e. The number of fused-ring (bicyclic) bond motifs is 1. The molecule has 2 N–H and O–H groups in total. The molecule has 3 aromatic carbocycles. The number of benzene rings is 3. The molecule has 2 atom stereocenters. The van der Waals surface area contributed by atoms with E-state index in [1.807, 2.05) is 30.3 Å². The summed E-state index contributed by atoms with van der Waals surface area (Å²) in [6.07, 6.45) is 7.80. The molecule has 1 fully saturated rings. The van der Waals surface area contributed by atoms with Crippen LogP contribution in [0.5, 0.6) is 5.75 Å². The smallest absolute Gasteiger partial charge is 0.308 e. The van der Waals surface area contributed by atoms with E-state index in [2.05, 4.69) is 15.5 Å². The van der Waals surface area contributed by atoms with E-state index >= 15 is 0 Å². The maximum Gasteiger partial charge on any atom is 0.308 e. The number of ether oxygens (including phenoxy) is 2. The first kappa shape index (κ1) is 33.0. The van der Waals surface area contributed by atoms with E-state index in [-0.39, 0.29) is 30.7 Å². The number of esters is 1. The Balaban J connectivity index is 1.31. The first-order chi connectivity index (χ1) is 22.4. The standard InChI is InChI=1S/C37H44FN3O5/c1-45-32-14-8-13-29(22-32)36(43)40-33(17-15-26-9-4-2-5-10-26)37(44)39-31(23-35(42)46-25-27-11-6-3-7-12-27)24-41-20-19-28-21-30(38)16-18-34(28)41/h3,6-8,11-14,16,18,21-22,26,31,33H,2,4-5,9-10,15,17,19-20,23-25H2,1H3,(H,39,44)(H,40,43)/t31-,33-/m0/s1. The second-order valence-corrected chi connectivity index (χ2v) is 12.4. The Morgan fingerprint density at radius 2 is 1.76 bits per heavy atom. The minimum atomic E-state index is -0.788. The van der Waals surface area contributed by atoms with Gasteiger partial charge in [-0.05, 0) is 72.7 Å². The van der Waals surface area contributed by atoms with Crippen LogP contribution >= 0.6 is 0 Å². The number of nitrogens with zero attached hydrogens (tertiary/aromatic N) is 1. The quantitative estimate of drug-likeness (QED) is 0.213. The van der Waals surface area contributed by atoms with Crippen LogP contribution in [0.25, 0.3) is 0 Å². The zero-order chi connectivity index (χ0) is 32.3. The summed E-state index contributed by atoms with van der Waals surface area (Å²) >= 11 is 0. The van der Waals surface area contributed by atoms with E-state index in [4.69, 9.17) is 9.47 Å². The Morgan fingerprint density at radius 3 is 2.54 bits per heavy atom.